The molecule has 0 aliphatic carbocycles. The molecule has 2 aromatic rings. The van der Waals surface area contributed by atoms with Gasteiger partial charge in [0.25, 0.3) is 0 Å². The van der Waals surface area contributed by atoms with E-state index in [1.807, 2.05) is 11.8 Å². The molecule has 2 nitrogen and oxygen atoms in total. The van der Waals surface area contributed by atoms with Gasteiger partial charge >= 0.3 is 0 Å². The van der Waals surface area contributed by atoms with Crippen molar-refractivity contribution in [3.63, 3.8) is 0 Å². The number of thioether (sulfide) groups is 1. The summed E-state index contributed by atoms with van der Waals surface area (Å²) in [6, 6.07) is 17.4. The molecule has 2 rings (SSSR count). The summed E-state index contributed by atoms with van der Waals surface area (Å²) in [7, 11) is 0. The minimum Gasteiger partial charge on any atom is -0.494 e. The van der Waals surface area contributed by atoms with Crippen molar-refractivity contribution >= 4 is 17.8 Å². The first kappa shape index (κ1) is 36.7. The summed E-state index contributed by atoms with van der Waals surface area (Å²) in [5, 5.41) is 0. The van der Waals surface area contributed by atoms with Crippen LogP contribution in [0.3, 0.4) is 0 Å². The second kappa shape index (κ2) is 23.0. The third-order valence-corrected chi connectivity index (χ3v) is 8.52. The highest BCUT2D eigenvalue weighted by atomic mass is 32.2. The summed E-state index contributed by atoms with van der Waals surface area (Å²) < 4.78 is 6.01. The Hall–Kier alpha value is -2.49. The first-order chi connectivity index (χ1) is 20.9. The quantitative estimate of drug-likeness (QED) is 0.0756. The van der Waals surface area contributed by atoms with Crippen LogP contribution in [0.2, 0.25) is 0 Å². The van der Waals surface area contributed by atoms with Crippen molar-refractivity contribution in [1.29, 1.82) is 0 Å². The van der Waals surface area contributed by atoms with Crippen molar-refractivity contribution in [2.75, 3.05) is 32.0 Å². The zero-order chi connectivity index (χ0) is 31.1. The number of allylic oxidation sites excluding steroid dienone is 6. The molecular weight excluding hydrogens is 543 g/mol. The van der Waals surface area contributed by atoms with Gasteiger partial charge in [0.05, 0.1) is 6.61 Å². The van der Waals surface area contributed by atoms with Crippen LogP contribution >= 0.6 is 11.8 Å². The fraction of sp³-hybridized carbons (Fsp3) is 0.500. The topological polar surface area (TPSA) is 12.5 Å². The van der Waals surface area contributed by atoms with E-state index >= 15 is 0 Å². The first-order valence-electron chi connectivity index (χ1n) is 16.7. The Bertz CT molecular complexity index is 1130. The molecule has 0 spiro atoms. The number of benzene rings is 2. The van der Waals surface area contributed by atoms with Crippen molar-refractivity contribution in [2.24, 2.45) is 0 Å². The molecule has 0 saturated heterocycles. The molecule has 0 N–H and O–H groups in total. The molecule has 0 unspecified atom stereocenters. The van der Waals surface area contributed by atoms with Crippen molar-refractivity contribution in [3.05, 3.63) is 101 Å². The van der Waals surface area contributed by atoms with Crippen LogP contribution in [0.5, 0.6) is 5.75 Å². The Labute approximate surface area is 269 Å². The lowest BCUT2D eigenvalue weighted by molar-refractivity contribution is 0.250. The van der Waals surface area contributed by atoms with Gasteiger partial charge < -0.3 is 9.64 Å². The lowest BCUT2D eigenvalue weighted by Gasteiger charge is -2.20. The van der Waals surface area contributed by atoms with E-state index in [1.54, 1.807) is 0 Å². The maximum absolute atomic E-state index is 6.01. The molecule has 2 aromatic carbocycles. The van der Waals surface area contributed by atoms with E-state index < -0.39 is 0 Å². The van der Waals surface area contributed by atoms with Gasteiger partial charge in [-0.05, 0) is 134 Å². The molecule has 0 aliphatic heterocycles. The number of unbranched alkanes of at least 4 members (excludes halogenated alkanes) is 1. The molecule has 0 saturated carbocycles. The van der Waals surface area contributed by atoms with Gasteiger partial charge in [-0.25, -0.2) is 0 Å². The van der Waals surface area contributed by atoms with Crippen molar-refractivity contribution in [2.45, 2.75) is 104 Å². The Morgan fingerprint density at radius 3 is 2.14 bits per heavy atom. The zero-order valence-electron chi connectivity index (χ0n) is 28.2. The second-order valence-electron chi connectivity index (χ2n) is 12.0. The number of nitrogens with zero attached hydrogens (tertiary/aromatic N) is 1. The van der Waals surface area contributed by atoms with E-state index in [1.165, 1.54) is 78.1 Å². The Morgan fingerprint density at radius 1 is 0.767 bits per heavy atom. The first-order valence-corrected chi connectivity index (χ1v) is 17.7. The molecule has 0 amide bonds. The molecular formula is C40H59NOS. The predicted octanol–water partition coefficient (Wildman–Crippen LogP) is 11.7. The standard InChI is InChI=1S/C40H59NOS/c1-7-29-41(30-8-2)31-11-12-32-42-39-26-24-37(25-27-39)20-15-22-38-21-9-10-23-40(38)43-33-28-36(6)19-14-18-35(5)17-13-16-34(3)4/h9-10,15-16,18,21-28H,7-8,11-14,17,19-20,29-33H2,1-6H3/b22-15+,35-18?,36-28?. The average molecular weight is 602 g/mol. The molecule has 0 radical (unpaired) electrons. The van der Waals surface area contributed by atoms with Crippen LogP contribution in [0.15, 0.2) is 94.4 Å². The third kappa shape index (κ3) is 17.4. The lowest BCUT2D eigenvalue weighted by atomic mass is 10.1. The van der Waals surface area contributed by atoms with Crippen LogP contribution in [0.4, 0.5) is 0 Å². The van der Waals surface area contributed by atoms with Gasteiger partial charge in [0, 0.05) is 10.6 Å². The summed E-state index contributed by atoms with van der Waals surface area (Å²) in [6.07, 6.45) is 22.0. The van der Waals surface area contributed by atoms with Gasteiger partial charge in [-0.1, -0.05) is 91.3 Å². The normalized spacial score (nSPS) is 12.3. The summed E-state index contributed by atoms with van der Waals surface area (Å²) in [5.74, 6) is 1.99. The maximum atomic E-state index is 6.01. The molecule has 236 valence electrons. The largest absolute Gasteiger partial charge is 0.494 e. The van der Waals surface area contributed by atoms with E-state index in [0.29, 0.717) is 0 Å². The molecule has 0 aliphatic rings. The Morgan fingerprint density at radius 2 is 1.44 bits per heavy atom. The fourth-order valence-electron chi connectivity index (χ4n) is 5.00. The highest BCUT2D eigenvalue weighted by molar-refractivity contribution is 7.99. The van der Waals surface area contributed by atoms with Crippen molar-refractivity contribution < 1.29 is 4.74 Å². The Balaban J connectivity index is 1.73. The van der Waals surface area contributed by atoms with Crippen LogP contribution in [-0.4, -0.2) is 36.9 Å². The minimum absolute atomic E-state index is 0.794. The molecule has 3 heteroatoms. The lowest BCUT2D eigenvalue weighted by Crippen LogP contribution is -2.26. The monoisotopic (exact) mass is 601 g/mol. The highest BCUT2D eigenvalue weighted by Gasteiger charge is 2.03. The van der Waals surface area contributed by atoms with E-state index in [0.717, 1.165) is 50.2 Å². The molecule has 0 aromatic heterocycles. The molecule has 0 fully saturated rings. The van der Waals surface area contributed by atoms with E-state index in [-0.39, 0.29) is 0 Å². The minimum atomic E-state index is 0.794. The van der Waals surface area contributed by atoms with Crippen LogP contribution in [0, 0.1) is 0 Å². The van der Waals surface area contributed by atoms with Crippen LogP contribution in [0.25, 0.3) is 6.08 Å². The van der Waals surface area contributed by atoms with Crippen molar-refractivity contribution in [1.82, 2.24) is 4.90 Å². The maximum Gasteiger partial charge on any atom is 0.119 e. The van der Waals surface area contributed by atoms with E-state index in [9.17, 15) is 0 Å². The summed E-state index contributed by atoms with van der Waals surface area (Å²) in [5.41, 5.74) is 7.00. The van der Waals surface area contributed by atoms with Gasteiger partial charge in [0.1, 0.15) is 5.75 Å². The fourth-order valence-corrected chi connectivity index (χ4v) is 6.03. The van der Waals surface area contributed by atoms with Crippen LogP contribution in [-0.2, 0) is 6.42 Å². The molecule has 43 heavy (non-hydrogen) atoms. The van der Waals surface area contributed by atoms with Gasteiger partial charge in [0.2, 0.25) is 0 Å². The predicted molar refractivity (Wildman–Crippen MR) is 194 cm³/mol. The number of hydrogen-bond acceptors (Lipinski definition) is 3. The number of rotatable bonds is 22. The summed E-state index contributed by atoms with van der Waals surface area (Å²) in [6.45, 7) is 17.8. The third-order valence-electron chi connectivity index (χ3n) is 7.50. The van der Waals surface area contributed by atoms with E-state index in [4.69, 9.17) is 4.74 Å². The zero-order valence-corrected chi connectivity index (χ0v) is 29.0. The summed E-state index contributed by atoms with van der Waals surface area (Å²) in [4.78, 5) is 3.92. The SMILES string of the molecule is CCCN(CCC)CCCCOc1ccc(C/C=C/c2ccccc2SCC=C(C)CCC=C(C)CCC=C(C)C)cc1. The smallest absolute Gasteiger partial charge is 0.119 e. The van der Waals surface area contributed by atoms with Crippen LogP contribution in [0.1, 0.15) is 104 Å². The van der Waals surface area contributed by atoms with Crippen LogP contribution < -0.4 is 4.74 Å². The average Bonchev–Trinajstić information content (AvgIpc) is 2.98. The van der Waals surface area contributed by atoms with Crippen molar-refractivity contribution in [3.8, 4) is 5.75 Å². The van der Waals surface area contributed by atoms with Gasteiger partial charge in [-0.15, -0.1) is 11.8 Å². The van der Waals surface area contributed by atoms with E-state index in [2.05, 4.69) is 125 Å². The Kier molecular flexibility index (Phi) is 19.6. The highest BCUT2D eigenvalue weighted by Crippen LogP contribution is 2.25. The molecule has 0 heterocycles. The molecule has 0 bridgehead atoms. The number of ether oxygens (including phenoxy) is 1. The molecule has 0 atom stereocenters. The van der Waals surface area contributed by atoms with Gasteiger partial charge in [0.15, 0.2) is 0 Å². The number of hydrogen-bond donors (Lipinski definition) is 0. The second-order valence-corrected chi connectivity index (χ2v) is 13.0. The van der Waals surface area contributed by atoms with Gasteiger partial charge in [-0.2, -0.15) is 0 Å². The summed E-state index contributed by atoms with van der Waals surface area (Å²) >= 11 is 1.93. The van der Waals surface area contributed by atoms with Gasteiger partial charge in [-0.3, -0.25) is 0 Å².